The number of non-ortho nitro benzene ring substituents is 2. The third-order valence-electron chi connectivity index (χ3n) is 3.14. The van der Waals surface area contributed by atoms with Gasteiger partial charge in [-0.3, -0.25) is 20.2 Å². The van der Waals surface area contributed by atoms with Gasteiger partial charge in [0.2, 0.25) is 0 Å². The lowest BCUT2D eigenvalue weighted by molar-refractivity contribution is -0.385. The lowest BCUT2D eigenvalue weighted by atomic mass is 10.0. The Bertz CT molecular complexity index is 741. The molecule has 2 rings (SSSR count). The van der Waals surface area contributed by atoms with Crippen molar-refractivity contribution in [2.45, 2.75) is 6.42 Å². The summed E-state index contributed by atoms with van der Waals surface area (Å²) < 4.78 is 5.59. The van der Waals surface area contributed by atoms with Crippen LogP contribution in [0.5, 0.6) is 5.75 Å². The van der Waals surface area contributed by atoms with Crippen molar-refractivity contribution < 1.29 is 14.6 Å². The average molecular weight is 314 g/mol. The molecule has 0 spiro atoms. The Morgan fingerprint density at radius 1 is 1.00 bits per heavy atom. The molecule has 0 atom stereocenters. The molecule has 0 saturated carbocycles. The number of ether oxygens (including phenoxy) is 1. The number of rotatable bonds is 7. The van der Waals surface area contributed by atoms with Gasteiger partial charge in [-0.05, 0) is 30.2 Å². The van der Waals surface area contributed by atoms with E-state index >= 15 is 0 Å². The highest BCUT2D eigenvalue weighted by molar-refractivity contribution is 5.73. The van der Waals surface area contributed by atoms with Gasteiger partial charge >= 0.3 is 0 Å². The SMILES string of the molecule is C=CCCOc1cc([N+](=O)[O-])ccc1-c1ccc([N+](=O)[O-])cc1. The Labute approximate surface area is 132 Å². The van der Waals surface area contributed by atoms with Crippen molar-refractivity contribution >= 4 is 11.4 Å². The molecule has 0 saturated heterocycles. The minimum absolute atomic E-state index is 0.0233. The summed E-state index contributed by atoms with van der Waals surface area (Å²) in [6.45, 7) is 3.93. The van der Waals surface area contributed by atoms with Crippen molar-refractivity contribution in [3.63, 3.8) is 0 Å². The van der Waals surface area contributed by atoms with Gasteiger partial charge < -0.3 is 4.74 Å². The molecule has 118 valence electrons. The van der Waals surface area contributed by atoms with Crippen molar-refractivity contribution in [3.8, 4) is 16.9 Å². The maximum atomic E-state index is 10.9. The quantitative estimate of drug-likeness (QED) is 0.331. The molecule has 0 N–H and O–H groups in total. The van der Waals surface area contributed by atoms with Crippen LogP contribution in [0, 0.1) is 20.2 Å². The maximum absolute atomic E-state index is 10.9. The van der Waals surface area contributed by atoms with Crippen molar-refractivity contribution in [1.29, 1.82) is 0 Å². The fraction of sp³-hybridized carbons (Fsp3) is 0.125. The van der Waals surface area contributed by atoms with Crippen molar-refractivity contribution in [3.05, 3.63) is 75.3 Å². The van der Waals surface area contributed by atoms with Gasteiger partial charge in [-0.15, -0.1) is 6.58 Å². The molecule has 2 aromatic rings. The van der Waals surface area contributed by atoms with E-state index in [-0.39, 0.29) is 11.4 Å². The molecule has 2 aromatic carbocycles. The van der Waals surface area contributed by atoms with Gasteiger partial charge in [0.1, 0.15) is 5.75 Å². The summed E-state index contributed by atoms with van der Waals surface area (Å²) in [5, 5.41) is 21.6. The summed E-state index contributed by atoms with van der Waals surface area (Å²) in [4.78, 5) is 20.6. The monoisotopic (exact) mass is 314 g/mol. The van der Waals surface area contributed by atoms with Gasteiger partial charge in [-0.2, -0.15) is 0 Å². The van der Waals surface area contributed by atoms with Gasteiger partial charge in [-0.25, -0.2) is 0 Å². The molecule has 0 aliphatic rings. The number of nitro benzene ring substituents is 2. The van der Waals surface area contributed by atoms with Crippen molar-refractivity contribution in [2.24, 2.45) is 0 Å². The van der Waals surface area contributed by atoms with Gasteiger partial charge in [0.25, 0.3) is 11.4 Å². The van der Waals surface area contributed by atoms with E-state index in [1.165, 1.54) is 24.3 Å². The average Bonchev–Trinajstić information content (AvgIpc) is 2.55. The highest BCUT2D eigenvalue weighted by Crippen LogP contribution is 2.34. The molecule has 7 heteroatoms. The molecule has 0 aliphatic heterocycles. The summed E-state index contributed by atoms with van der Waals surface area (Å²) >= 11 is 0. The van der Waals surface area contributed by atoms with Crippen LogP contribution in [0.2, 0.25) is 0 Å². The second kappa shape index (κ2) is 7.17. The smallest absolute Gasteiger partial charge is 0.273 e. The molecule has 0 heterocycles. The Morgan fingerprint density at radius 3 is 2.17 bits per heavy atom. The number of nitrogens with zero attached hydrogens (tertiary/aromatic N) is 2. The molecule has 0 fully saturated rings. The number of hydrogen-bond donors (Lipinski definition) is 0. The molecule has 0 aromatic heterocycles. The van der Waals surface area contributed by atoms with Crippen LogP contribution < -0.4 is 4.74 Å². The first kappa shape index (κ1) is 16.2. The van der Waals surface area contributed by atoms with Crippen LogP contribution in [0.15, 0.2) is 55.1 Å². The zero-order valence-electron chi connectivity index (χ0n) is 12.2. The predicted molar refractivity (Wildman–Crippen MR) is 85.5 cm³/mol. The van der Waals surface area contributed by atoms with Crippen molar-refractivity contribution in [1.82, 2.24) is 0 Å². The largest absolute Gasteiger partial charge is 0.492 e. The van der Waals surface area contributed by atoms with Crippen LogP contribution in [0.3, 0.4) is 0 Å². The van der Waals surface area contributed by atoms with Crippen LogP contribution in [0.4, 0.5) is 11.4 Å². The second-order valence-electron chi connectivity index (χ2n) is 4.67. The van der Waals surface area contributed by atoms with E-state index in [0.717, 1.165) is 0 Å². The fourth-order valence-corrected chi connectivity index (χ4v) is 2.00. The lowest BCUT2D eigenvalue weighted by Crippen LogP contribution is -1.99. The van der Waals surface area contributed by atoms with E-state index in [0.29, 0.717) is 29.9 Å². The Balaban J connectivity index is 2.40. The molecule has 7 nitrogen and oxygen atoms in total. The highest BCUT2D eigenvalue weighted by Gasteiger charge is 2.14. The van der Waals surface area contributed by atoms with Crippen LogP contribution >= 0.6 is 0 Å². The topological polar surface area (TPSA) is 95.5 Å². The van der Waals surface area contributed by atoms with Gasteiger partial charge in [0.15, 0.2) is 0 Å². The normalized spacial score (nSPS) is 10.1. The Hall–Kier alpha value is -3.22. The van der Waals surface area contributed by atoms with Gasteiger partial charge in [-0.1, -0.05) is 6.08 Å². The maximum Gasteiger partial charge on any atom is 0.273 e. The molecule has 0 radical (unpaired) electrons. The third kappa shape index (κ3) is 3.91. The Kier molecular flexibility index (Phi) is 5.03. The minimum atomic E-state index is -0.500. The summed E-state index contributed by atoms with van der Waals surface area (Å²) in [7, 11) is 0. The number of nitro groups is 2. The van der Waals surface area contributed by atoms with E-state index < -0.39 is 9.85 Å². The summed E-state index contributed by atoms with van der Waals surface area (Å²) in [6.07, 6.45) is 2.28. The first-order chi connectivity index (χ1) is 11.0. The van der Waals surface area contributed by atoms with Crippen LogP contribution in [0.1, 0.15) is 6.42 Å². The molecule has 0 bridgehead atoms. The molecular weight excluding hydrogens is 300 g/mol. The predicted octanol–water partition coefficient (Wildman–Crippen LogP) is 4.12. The van der Waals surface area contributed by atoms with E-state index in [1.54, 1.807) is 24.3 Å². The van der Waals surface area contributed by atoms with Crippen LogP contribution in [0.25, 0.3) is 11.1 Å². The molecule has 0 amide bonds. The molecule has 23 heavy (non-hydrogen) atoms. The Morgan fingerprint density at radius 2 is 1.61 bits per heavy atom. The summed E-state index contributed by atoms with van der Waals surface area (Å²) in [6, 6.07) is 10.2. The van der Waals surface area contributed by atoms with E-state index in [9.17, 15) is 20.2 Å². The zero-order valence-corrected chi connectivity index (χ0v) is 12.2. The first-order valence-electron chi connectivity index (χ1n) is 6.80. The standard InChI is InChI=1S/C16H14N2O5/c1-2-3-10-23-16-11-14(18(21)22)8-9-15(16)12-4-6-13(7-5-12)17(19)20/h2,4-9,11H,1,3,10H2. The van der Waals surface area contributed by atoms with E-state index in [2.05, 4.69) is 6.58 Å². The highest BCUT2D eigenvalue weighted by atomic mass is 16.6. The molecule has 0 unspecified atom stereocenters. The van der Waals surface area contributed by atoms with E-state index in [1.807, 2.05) is 0 Å². The van der Waals surface area contributed by atoms with Crippen molar-refractivity contribution in [2.75, 3.05) is 6.61 Å². The molecular formula is C16H14N2O5. The lowest BCUT2D eigenvalue weighted by Gasteiger charge is -2.11. The minimum Gasteiger partial charge on any atom is -0.492 e. The summed E-state index contributed by atoms with van der Waals surface area (Å²) in [5.74, 6) is 0.356. The second-order valence-corrected chi connectivity index (χ2v) is 4.67. The number of benzene rings is 2. The molecule has 0 aliphatic carbocycles. The first-order valence-corrected chi connectivity index (χ1v) is 6.80. The summed E-state index contributed by atoms with van der Waals surface area (Å²) in [5.41, 5.74) is 1.21. The fourth-order valence-electron chi connectivity index (χ4n) is 2.00. The van der Waals surface area contributed by atoms with Gasteiger partial charge in [0, 0.05) is 23.8 Å². The van der Waals surface area contributed by atoms with Gasteiger partial charge in [0.05, 0.1) is 22.5 Å². The zero-order chi connectivity index (χ0) is 16.8. The van der Waals surface area contributed by atoms with Crippen LogP contribution in [-0.2, 0) is 0 Å². The third-order valence-corrected chi connectivity index (χ3v) is 3.14. The van der Waals surface area contributed by atoms with E-state index in [4.69, 9.17) is 4.74 Å². The number of hydrogen-bond acceptors (Lipinski definition) is 5. The van der Waals surface area contributed by atoms with Crippen LogP contribution in [-0.4, -0.2) is 16.5 Å².